The first-order valence-electron chi connectivity index (χ1n) is 4.15. The summed E-state index contributed by atoms with van der Waals surface area (Å²) in [5, 5.41) is 0.682. The van der Waals surface area contributed by atoms with E-state index < -0.39 is 0 Å². The highest BCUT2D eigenvalue weighted by Crippen LogP contribution is 2.28. The van der Waals surface area contributed by atoms with Gasteiger partial charge in [-0.25, -0.2) is 0 Å². The van der Waals surface area contributed by atoms with Gasteiger partial charge in [-0.2, -0.15) is 0 Å². The van der Waals surface area contributed by atoms with Crippen molar-refractivity contribution in [3.05, 3.63) is 28.8 Å². The number of rotatable bonds is 0. The first-order chi connectivity index (χ1) is 6.18. The van der Waals surface area contributed by atoms with Gasteiger partial charge in [-0.1, -0.05) is 11.6 Å². The quantitative estimate of drug-likeness (QED) is 0.619. The van der Waals surface area contributed by atoms with Crippen LogP contribution in [0.4, 0.5) is 5.69 Å². The number of fused-ring (bicyclic) bond motifs is 1. The molecule has 0 spiro atoms. The average molecular weight is 195 g/mol. The summed E-state index contributed by atoms with van der Waals surface area (Å²) in [6.07, 6.45) is 1.34. The molecule has 1 heterocycles. The summed E-state index contributed by atoms with van der Waals surface area (Å²) in [5.74, 6) is 0.145. The van der Waals surface area contributed by atoms with Gasteiger partial charge in [0.15, 0.2) is 0 Å². The van der Waals surface area contributed by atoms with Crippen LogP contribution in [0.15, 0.2) is 12.1 Å². The molecule has 0 bridgehead atoms. The van der Waals surface area contributed by atoms with Crippen molar-refractivity contribution >= 4 is 23.2 Å². The van der Waals surface area contributed by atoms with E-state index in [-0.39, 0.29) is 5.91 Å². The van der Waals surface area contributed by atoms with Gasteiger partial charge < -0.3 is 4.90 Å². The van der Waals surface area contributed by atoms with Crippen LogP contribution in [0, 0.1) is 6.07 Å². The molecule has 1 amide bonds. The van der Waals surface area contributed by atoms with Crippen LogP contribution in [-0.4, -0.2) is 13.0 Å². The minimum atomic E-state index is 0.145. The third-order valence-corrected chi connectivity index (χ3v) is 2.50. The molecular formula is C10H9ClNO. The number of anilines is 1. The number of halogens is 1. The molecule has 3 heteroatoms. The van der Waals surface area contributed by atoms with Crippen molar-refractivity contribution in [1.29, 1.82) is 0 Å². The molecule has 0 unspecified atom stereocenters. The van der Waals surface area contributed by atoms with Crippen molar-refractivity contribution in [2.24, 2.45) is 0 Å². The van der Waals surface area contributed by atoms with E-state index in [1.165, 1.54) is 0 Å². The molecule has 0 saturated carbocycles. The van der Waals surface area contributed by atoms with Crippen LogP contribution in [0.1, 0.15) is 12.0 Å². The van der Waals surface area contributed by atoms with Gasteiger partial charge in [-0.15, -0.1) is 0 Å². The molecule has 2 rings (SSSR count). The number of hydrogen-bond acceptors (Lipinski definition) is 1. The summed E-state index contributed by atoms with van der Waals surface area (Å²) in [4.78, 5) is 12.9. The van der Waals surface area contributed by atoms with E-state index in [2.05, 4.69) is 6.07 Å². The Bertz CT molecular complexity index is 362. The summed E-state index contributed by atoms with van der Waals surface area (Å²) in [6.45, 7) is 0. The molecule has 1 aromatic rings. The van der Waals surface area contributed by atoms with Gasteiger partial charge in [0.2, 0.25) is 5.91 Å². The molecule has 0 fully saturated rings. The first-order valence-corrected chi connectivity index (χ1v) is 4.53. The van der Waals surface area contributed by atoms with Gasteiger partial charge in [-0.05, 0) is 24.1 Å². The molecule has 0 atom stereocenters. The van der Waals surface area contributed by atoms with Gasteiger partial charge in [0.1, 0.15) is 0 Å². The summed E-state index contributed by atoms with van der Waals surface area (Å²) in [7, 11) is 1.77. The van der Waals surface area contributed by atoms with Crippen molar-refractivity contribution in [2.75, 3.05) is 11.9 Å². The van der Waals surface area contributed by atoms with Crippen LogP contribution >= 0.6 is 11.6 Å². The predicted molar refractivity (Wildman–Crippen MR) is 52.0 cm³/mol. The Labute approximate surface area is 82.1 Å². The molecule has 1 aromatic carbocycles. The first kappa shape index (κ1) is 8.57. The lowest BCUT2D eigenvalue weighted by Gasteiger charge is -2.25. The smallest absolute Gasteiger partial charge is 0.227 e. The molecule has 1 aliphatic heterocycles. The Morgan fingerprint density at radius 1 is 1.54 bits per heavy atom. The Hall–Kier alpha value is -1.02. The zero-order valence-corrected chi connectivity index (χ0v) is 8.06. The largest absolute Gasteiger partial charge is 0.315 e. The van der Waals surface area contributed by atoms with Crippen molar-refractivity contribution in [1.82, 2.24) is 0 Å². The third-order valence-electron chi connectivity index (χ3n) is 2.28. The zero-order valence-electron chi connectivity index (χ0n) is 7.30. The number of amides is 1. The monoisotopic (exact) mass is 194 g/mol. The molecule has 67 valence electrons. The van der Waals surface area contributed by atoms with Crippen LogP contribution in [-0.2, 0) is 11.2 Å². The lowest BCUT2D eigenvalue weighted by Crippen LogP contribution is -2.31. The van der Waals surface area contributed by atoms with Crippen molar-refractivity contribution < 1.29 is 4.79 Å². The van der Waals surface area contributed by atoms with Crippen LogP contribution < -0.4 is 4.90 Å². The lowest BCUT2D eigenvalue weighted by atomic mass is 10.0. The molecular weight excluding hydrogens is 186 g/mol. The highest BCUT2D eigenvalue weighted by molar-refractivity contribution is 6.30. The number of carbonyl (C=O) groups excluding carboxylic acids is 1. The number of hydrogen-bond donors (Lipinski definition) is 0. The average Bonchev–Trinajstić information content (AvgIpc) is 2.12. The second-order valence-electron chi connectivity index (χ2n) is 3.14. The molecule has 0 N–H and O–H groups in total. The van der Waals surface area contributed by atoms with Crippen LogP contribution in [0.5, 0.6) is 0 Å². The van der Waals surface area contributed by atoms with Gasteiger partial charge in [0.05, 0.1) is 5.69 Å². The topological polar surface area (TPSA) is 20.3 Å². The highest BCUT2D eigenvalue weighted by Gasteiger charge is 2.20. The maximum absolute atomic E-state index is 11.3. The summed E-state index contributed by atoms with van der Waals surface area (Å²) in [6, 6.07) is 6.60. The van der Waals surface area contributed by atoms with E-state index in [9.17, 15) is 4.79 Å². The maximum atomic E-state index is 11.3. The second kappa shape index (κ2) is 3.04. The fraction of sp³-hybridized carbons (Fsp3) is 0.300. The van der Waals surface area contributed by atoms with E-state index in [1.54, 1.807) is 18.0 Å². The predicted octanol–water partition coefficient (Wildman–Crippen LogP) is 2.05. The maximum Gasteiger partial charge on any atom is 0.227 e. The van der Waals surface area contributed by atoms with Gasteiger partial charge >= 0.3 is 0 Å². The Morgan fingerprint density at radius 2 is 2.31 bits per heavy atom. The normalized spacial score (nSPS) is 15.8. The molecule has 1 radical (unpaired) electrons. The minimum absolute atomic E-state index is 0.145. The highest BCUT2D eigenvalue weighted by atomic mass is 35.5. The van der Waals surface area contributed by atoms with Crippen LogP contribution in [0.25, 0.3) is 0 Å². The number of aryl methyl sites for hydroxylation is 1. The number of benzene rings is 1. The summed E-state index contributed by atoms with van der Waals surface area (Å²) < 4.78 is 0. The van der Waals surface area contributed by atoms with Crippen molar-refractivity contribution in [2.45, 2.75) is 12.8 Å². The van der Waals surface area contributed by atoms with E-state index in [4.69, 9.17) is 11.6 Å². The van der Waals surface area contributed by atoms with Gasteiger partial charge in [0, 0.05) is 24.6 Å². The third kappa shape index (κ3) is 1.42. The molecule has 0 aromatic heterocycles. The van der Waals surface area contributed by atoms with E-state index in [0.29, 0.717) is 11.4 Å². The Kier molecular flexibility index (Phi) is 2.00. The number of nitrogens with zero attached hydrogens (tertiary/aromatic N) is 1. The van der Waals surface area contributed by atoms with Crippen molar-refractivity contribution in [3.63, 3.8) is 0 Å². The molecule has 13 heavy (non-hydrogen) atoms. The summed E-state index contributed by atoms with van der Waals surface area (Å²) >= 11 is 5.83. The van der Waals surface area contributed by atoms with Crippen LogP contribution in [0.2, 0.25) is 5.02 Å². The van der Waals surface area contributed by atoms with Gasteiger partial charge in [-0.3, -0.25) is 4.79 Å². The molecule has 2 nitrogen and oxygen atoms in total. The Morgan fingerprint density at radius 3 is 3.08 bits per heavy atom. The Balaban J connectivity index is 2.49. The second-order valence-corrected chi connectivity index (χ2v) is 3.58. The van der Waals surface area contributed by atoms with Crippen LogP contribution in [0.3, 0.4) is 0 Å². The van der Waals surface area contributed by atoms with Crippen molar-refractivity contribution in [3.8, 4) is 0 Å². The zero-order chi connectivity index (χ0) is 9.42. The fourth-order valence-corrected chi connectivity index (χ4v) is 1.73. The number of carbonyl (C=O) groups is 1. The lowest BCUT2D eigenvalue weighted by molar-refractivity contribution is -0.118. The fourth-order valence-electron chi connectivity index (χ4n) is 1.54. The summed E-state index contributed by atoms with van der Waals surface area (Å²) in [5.41, 5.74) is 1.97. The molecule has 0 saturated heterocycles. The molecule has 1 aliphatic rings. The minimum Gasteiger partial charge on any atom is -0.315 e. The van der Waals surface area contributed by atoms with E-state index >= 15 is 0 Å². The SMILES string of the molecule is CN1C(=O)CCc2cc(Cl)c[c]c21. The standard InChI is InChI=1S/C10H9ClNO/c1-12-9-4-3-8(11)6-7(9)2-5-10(12)13/h3,6H,2,5H2,1H3. The van der Waals surface area contributed by atoms with E-state index in [1.807, 2.05) is 6.07 Å². The van der Waals surface area contributed by atoms with E-state index in [0.717, 1.165) is 17.7 Å². The van der Waals surface area contributed by atoms with Gasteiger partial charge in [0.25, 0.3) is 0 Å². The molecule has 0 aliphatic carbocycles.